The molecule has 0 bridgehead atoms. The summed E-state index contributed by atoms with van der Waals surface area (Å²) in [4.78, 5) is 15.3. The number of carbonyl (C=O) groups excluding carboxylic acids is 1. The molecule has 1 aromatic rings. The van der Waals surface area contributed by atoms with Crippen LogP contribution in [-0.4, -0.2) is 35.6 Å². The van der Waals surface area contributed by atoms with E-state index in [2.05, 4.69) is 30.9 Å². The van der Waals surface area contributed by atoms with Gasteiger partial charge in [-0.3, -0.25) is 4.79 Å². The molecular weight excluding hydrogens is 262 g/mol. The number of rotatable bonds is 3. The zero-order valence-electron chi connectivity index (χ0n) is 13.2. The molecule has 2 unspecified atom stereocenters. The Balaban J connectivity index is 1.87. The Kier molecular flexibility index (Phi) is 3.78. The molecule has 21 heavy (non-hydrogen) atoms. The quantitative estimate of drug-likeness (QED) is 0.854. The first-order chi connectivity index (χ1) is 9.99. The van der Waals surface area contributed by atoms with E-state index < -0.39 is 0 Å². The van der Waals surface area contributed by atoms with Gasteiger partial charge in [-0.15, -0.1) is 0 Å². The van der Waals surface area contributed by atoms with E-state index in [1.54, 1.807) is 0 Å². The van der Waals surface area contributed by atoms with Gasteiger partial charge in [0.2, 0.25) is 5.91 Å². The molecule has 2 fully saturated rings. The van der Waals surface area contributed by atoms with Gasteiger partial charge in [-0.25, -0.2) is 0 Å². The lowest BCUT2D eigenvalue weighted by molar-refractivity contribution is -0.155. The maximum absolute atomic E-state index is 13.2. The molecule has 0 spiro atoms. The van der Waals surface area contributed by atoms with Gasteiger partial charge in [-0.05, 0) is 45.1 Å². The summed E-state index contributed by atoms with van der Waals surface area (Å²) in [5.74, 6) is 0.827. The number of carbonyl (C=O) groups is 1. The fourth-order valence-corrected chi connectivity index (χ4v) is 3.24. The summed E-state index contributed by atoms with van der Waals surface area (Å²) in [5.41, 5.74) is 0.950. The van der Waals surface area contributed by atoms with Gasteiger partial charge in [0.05, 0.1) is 24.2 Å². The standard InChI is InChI=1S/C18H25NO2/c1-13-11-19(18(2,3)12-21-13)17(20)16(15-9-10-15)14-7-5-4-6-8-14/h4-8,13,15-16H,9-12H2,1-3H3. The molecule has 3 heteroatoms. The molecule has 114 valence electrons. The van der Waals surface area contributed by atoms with E-state index in [1.165, 1.54) is 18.4 Å². The highest BCUT2D eigenvalue weighted by atomic mass is 16.5. The molecule has 0 radical (unpaired) electrons. The lowest BCUT2D eigenvalue weighted by atomic mass is 9.90. The first kappa shape index (κ1) is 14.6. The molecule has 0 aromatic heterocycles. The van der Waals surface area contributed by atoms with Gasteiger partial charge >= 0.3 is 0 Å². The molecule has 1 heterocycles. The molecule has 1 aromatic carbocycles. The second-order valence-electron chi connectivity index (χ2n) is 7.11. The lowest BCUT2D eigenvalue weighted by Gasteiger charge is -2.46. The molecular formula is C18H25NO2. The van der Waals surface area contributed by atoms with Crippen LogP contribution >= 0.6 is 0 Å². The van der Waals surface area contributed by atoms with Crippen LogP contribution < -0.4 is 0 Å². The fraction of sp³-hybridized carbons (Fsp3) is 0.611. The van der Waals surface area contributed by atoms with Crippen LogP contribution in [0.4, 0.5) is 0 Å². The molecule has 2 aliphatic rings. The number of morpholine rings is 1. The van der Waals surface area contributed by atoms with E-state index in [-0.39, 0.29) is 23.5 Å². The zero-order chi connectivity index (χ0) is 15.0. The van der Waals surface area contributed by atoms with Crippen LogP contribution in [-0.2, 0) is 9.53 Å². The Labute approximate surface area is 127 Å². The Morgan fingerprint density at radius 2 is 1.95 bits per heavy atom. The highest BCUT2D eigenvalue weighted by Crippen LogP contribution is 2.44. The Hall–Kier alpha value is -1.35. The molecule has 3 rings (SSSR count). The number of ether oxygens (including phenoxy) is 1. The highest BCUT2D eigenvalue weighted by Gasteiger charge is 2.44. The first-order valence-electron chi connectivity index (χ1n) is 7.97. The molecule has 3 nitrogen and oxygen atoms in total. The van der Waals surface area contributed by atoms with Crippen LogP contribution in [0.3, 0.4) is 0 Å². The van der Waals surface area contributed by atoms with Gasteiger partial charge in [-0.1, -0.05) is 30.3 Å². The van der Waals surface area contributed by atoms with Crippen LogP contribution in [0.5, 0.6) is 0 Å². The van der Waals surface area contributed by atoms with Crippen LogP contribution in [0.1, 0.15) is 45.1 Å². The number of nitrogens with zero attached hydrogens (tertiary/aromatic N) is 1. The monoisotopic (exact) mass is 287 g/mol. The van der Waals surface area contributed by atoms with Crippen molar-refractivity contribution < 1.29 is 9.53 Å². The van der Waals surface area contributed by atoms with E-state index >= 15 is 0 Å². The molecule has 1 saturated carbocycles. The molecule has 0 N–H and O–H groups in total. The van der Waals surface area contributed by atoms with Crippen molar-refractivity contribution in [2.45, 2.75) is 51.2 Å². The van der Waals surface area contributed by atoms with Gasteiger partial charge < -0.3 is 9.64 Å². The topological polar surface area (TPSA) is 29.5 Å². The maximum atomic E-state index is 13.2. The second kappa shape index (κ2) is 5.45. The van der Waals surface area contributed by atoms with Crippen molar-refractivity contribution in [1.82, 2.24) is 4.90 Å². The maximum Gasteiger partial charge on any atom is 0.231 e. The van der Waals surface area contributed by atoms with Crippen molar-refractivity contribution in [2.24, 2.45) is 5.92 Å². The normalized spacial score (nSPS) is 26.4. The summed E-state index contributed by atoms with van der Waals surface area (Å²) in [5, 5.41) is 0. The summed E-state index contributed by atoms with van der Waals surface area (Å²) < 4.78 is 5.74. The van der Waals surface area contributed by atoms with Gasteiger partial charge in [0.25, 0.3) is 0 Å². The summed E-state index contributed by atoms with van der Waals surface area (Å²) in [6.07, 6.45) is 2.47. The van der Waals surface area contributed by atoms with Crippen LogP contribution in [0, 0.1) is 5.92 Å². The van der Waals surface area contributed by atoms with E-state index in [4.69, 9.17) is 4.74 Å². The van der Waals surface area contributed by atoms with Crippen molar-refractivity contribution in [3.63, 3.8) is 0 Å². The summed E-state index contributed by atoms with van der Waals surface area (Å²) >= 11 is 0. The van der Waals surface area contributed by atoms with E-state index in [0.29, 0.717) is 19.1 Å². The minimum atomic E-state index is -0.217. The van der Waals surface area contributed by atoms with E-state index in [9.17, 15) is 4.79 Å². The average molecular weight is 287 g/mol. The third-order valence-corrected chi connectivity index (χ3v) is 4.68. The Bertz CT molecular complexity index is 507. The van der Waals surface area contributed by atoms with Crippen LogP contribution in [0.15, 0.2) is 30.3 Å². The van der Waals surface area contributed by atoms with Gasteiger partial charge in [0.1, 0.15) is 0 Å². The zero-order valence-corrected chi connectivity index (χ0v) is 13.2. The Morgan fingerprint density at radius 1 is 1.29 bits per heavy atom. The van der Waals surface area contributed by atoms with Crippen molar-refractivity contribution >= 4 is 5.91 Å². The number of benzene rings is 1. The minimum Gasteiger partial charge on any atom is -0.374 e. The Morgan fingerprint density at radius 3 is 2.57 bits per heavy atom. The number of amides is 1. The van der Waals surface area contributed by atoms with E-state index in [1.807, 2.05) is 25.1 Å². The van der Waals surface area contributed by atoms with E-state index in [0.717, 1.165) is 0 Å². The third-order valence-electron chi connectivity index (χ3n) is 4.68. The van der Waals surface area contributed by atoms with Gasteiger partial charge in [-0.2, -0.15) is 0 Å². The predicted molar refractivity (Wildman–Crippen MR) is 83.1 cm³/mol. The fourth-order valence-electron chi connectivity index (χ4n) is 3.24. The molecule has 2 atom stereocenters. The molecule has 1 saturated heterocycles. The first-order valence-corrected chi connectivity index (χ1v) is 7.97. The van der Waals surface area contributed by atoms with Crippen LogP contribution in [0.25, 0.3) is 0 Å². The summed E-state index contributed by atoms with van der Waals surface area (Å²) in [6.45, 7) is 7.57. The van der Waals surface area contributed by atoms with Gasteiger partial charge in [0, 0.05) is 6.54 Å². The highest BCUT2D eigenvalue weighted by molar-refractivity contribution is 5.85. The molecule has 1 aliphatic carbocycles. The van der Waals surface area contributed by atoms with Crippen molar-refractivity contribution in [3.8, 4) is 0 Å². The average Bonchev–Trinajstić information content (AvgIpc) is 3.27. The van der Waals surface area contributed by atoms with Crippen molar-refractivity contribution in [3.05, 3.63) is 35.9 Å². The largest absolute Gasteiger partial charge is 0.374 e. The summed E-state index contributed by atoms with van der Waals surface area (Å²) in [7, 11) is 0. The number of hydrogen-bond donors (Lipinski definition) is 0. The van der Waals surface area contributed by atoms with Crippen LogP contribution in [0.2, 0.25) is 0 Å². The molecule has 1 aliphatic heterocycles. The smallest absolute Gasteiger partial charge is 0.231 e. The predicted octanol–water partition coefficient (Wildman–Crippen LogP) is 3.21. The summed E-state index contributed by atoms with van der Waals surface area (Å²) in [6, 6.07) is 10.3. The SMILES string of the molecule is CC1CN(C(=O)C(c2ccccc2)C2CC2)C(C)(C)CO1. The van der Waals surface area contributed by atoms with Crippen molar-refractivity contribution in [2.75, 3.05) is 13.2 Å². The van der Waals surface area contributed by atoms with Gasteiger partial charge in [0.15, 0.2) is 0 Å². The third kappa shape index (κ3) is 2.98. The lowest BCUT2D eigenvalue weighted by Crippen LogP contribution is -2.59. The molecule has 1 amide bonds. The second-order valence-corrected chi connectivity index (χ2v) is 7.11. The minimum absolute atomic E-state index is 0.0239. The van der Waals surface area contributed by atoms with Crippen molar-refractivity contribution in [1.29, 1.82) is 0 Å². The number of hydrogen-bond acceptors (Lipinski definition) is 2.